The fourth-order valence-electron chi connectivity index (χ4n) is 2.65. The lowest BCUT2D eigenvalue weighted by Gasteiger charge is -2.06. The number of hydrogen-bond acceptors (Lipinski definition) is 4. The van der Waals surface area contributed by atoms with Gasteiger partial charge in [0.2, 0.25) is 0 Å². The maximum Gasteiger partial charge on any atom is 0.316 e. The number of benzene rings is 2. The number of rotatable bonds is 7. The van der Waals surface area contributed by atoms with Crippen molar-refractivity contribution in [2.75, 3.05) is 6.61 Å². The van der Waals surface area contributed by atoms with Crippen LogP contribution in [0.5, 0.6) is 6.01 Å². The highest BCUT2D eigenvalue weighted by Crippen LogP contribution is 2.25. The van der Waals surface area contributed by atoms with Gasteiger partial charge in [-0.2, -0.15) is 5.26 Å². The molecule has 0 spiro atoms. The summed E-state index contributed by atoms with van der Waals surface area (Å²) >= 11 is 0. The van der Waals surface area contributed by atoms with Gasteiger partial charge in [-0.3, -0.25) is 0 Å². The molecule has 130 valence electrons. The predicted molar refractivity (Wildman–Crippen MR) is 103 cm³/mol. The summed E-state index contributed by atoms with van der Waals surface area (Å²) in [5.41, 5.74) is 4.87. The first kappa shape index (κ1) is 17.6. The van der Waals surface area contributed by atoms with Gasteiger partial charge in [-0.25, -0.2) is 9.97 Å². The van der Waals surface area contributed by atoms with Crippen LogP contribution in [0.25, 0.3) is 22.3 Å². The van der Waals surface area contributed by atoms with Crippen LogP contribution >= 0.6 is 0 Å². The Morgan fingerprint density at radius 1 is 0.808 bits per heavy atom. The Labute approximate surface area is 154 Å². The Balaban J connectivity index is 1.67. The van der Waals surface area contributed by atoms with E-state index in [4.69, 9.17) is 10.00 Å². The van der Waals surface area contributed by atoms with Crippen molar-refractivity contribution in [3.05, 3.63) is 66.5 Å². The van der Waals surface area contributed by atoms with Crippen LogP contribution in [0, 0.1) is 11.3 Å². The van der Waals surface area contributed by atoms with Crippen molar-refractivity contribution >= 4 is 0 Å². The van der Waals surface area contributed by atoms with E-state index < -0.39 is 0 Å². The monoisotopic (exact) mass is 343 g/mol. The molecule has 0 N–H and O–H groups in total. The van der Waals surface area contributed by atoms with Crippen LogP contribution in [0.4, 0.5) is 0 Å². The standard InChI is InChI=1S/C22H21N3O/c1-2-3-4-13-26-22-24-15-21(16-25-22)20-11-9-19(10-12-20)18-7-5-17(14-23)6-8-18/h5-12,15-16H,2-4,13H2,1H3. The molecule has 0 aliphatic heterocycles. The molecular formula is C22H21N3O. The highest BCUT2D eigenvalue weighted by molar-refractivity contribution is 5.70. The molecule has 0 bridgehead atoms. The van der Waals surface area contributed by atoms with Gasteiger partial charge in [-0.1, -0.05) is 56.2 Å². The Kier molecular flexibility index (Phi) is 5.95. The lowest BCUT2D eigenvalue weighted by atomic mass is 10.0. The quantitative estimate of drug-likeness (QED) is 0.550. The second kappa shape index (κ2) is 8.77. The van der Waals surface area contributed by atoms with E-state index in [0.29, 0.717) is 18.2 Å². The molecule has 3 rings (SSSR count). The van der Waals surface area contributed by atoms with Gasteiger partial charge in [0.05, 0.1) is 18.2 Å². The van der Waals surface area contributed by atoms with Crippen molar-refractivity contribution in [2.45, 2.75) is 26.2 Å². The van der Waals surface area contributed by atoms with E-state index in [1.807, 2.05) is 36.4 Å². The molecule has 26 heavy (non-hydrogen) atoms. The molecule has 2 aromatic carbocycles. The predicted octanol–water partition coefficient (Wildman–Crippen LogP) is 5.25. The molecule has 3 aromatic rings. The lowest BCUT2D eigenvalue weighted by molar-refractivity contribution is 0.283. The average molecular weight is 343 g/mol. The number of unbranched alkanes of at least 4 members (excludes halogenated alkanes) is 2. The first-order chi connectivity index (χ1) is 12.8. The molecule has 1 heterocycles. The summed E-state index contributed by atoms with van der Waals surface area (Å²) in [6, 6.07) is 18.4. The van der Waals surface area contributed by atoms with E-state index in [9.17, 15) is 0 Å². The van der Waals surface area contributed by atoms with Gasteiger partial charge in [0, 0.05) is 18.0 Å². The van der Waals surface area contributed by atoms with Gasteiger partial charge in [0.15, 0.2) is 0 Å². The minimum Gasteiger partial charge on any atom is -0.463 e. The molecule has 0 fully saturated rings. The zero-order chi connectivity index (χ0) is 18.2. The summed E-state index contributed by atoms with van der Waals surface area (Å²) in [4.78, 5) is 8.58. The van der Waals surface area contributed by atoms with E-state index >= 15 is 0 Å². The van der Waals surface area contributed by atoms with Crippen LogP contribution in [0.3, 0.4) is 0 Å². The lowest BCUT2D eigenvalue weighted by Crippen LogP contribution is -2.00. The topological polar surface area (TPSA) is 58.8 Å². The summed E-state index contributed by atoms with van der Waals surface area (Å²) < 4.78 is 5.55. The first-order valence-corrected chi connectivity index (χ1v) is 8.86. The highest BCUT2D eigenvalue weighted by atomic mass is 16.5. The molecule has 4 heteroatoms. The molecule has 0 aliphatic carbocycles. The fourth-order valence-corrected chi connectivity index (χ4v) is 2.65. The Bertz CT molecular complexity index is 863. The van der Waals surface area contributed by atoms with E-state index in [0.717, 1.165) is 35.1 Å². The molecule has 0 saturated heterocycles. The molecule has 0 aliphatic rings. The van der Waals surface area contributed by atoms with Crippen LogP contribution in [0.1, 0.15) is 31.7 Å². The molecule has 0 saturated carbocycles. The zero-order valence-corrected chi connectivity index (χ0v) is 14.9. The van der Waals surface area contributed by atoms with Crippen molar-refractivity contribution in [1.82, 2.24) is 9.97 Å². The molecule has 1 aromatic heterocycles. The average Bonchev–Trinajstić information content (AvgIpc) is 2.72. The van der Waals surface area contributed by atoms with E-state index in [-0.39, 0.29) is 0 Å². The minimum atomic E-state index is 0.430. The van der Waals surface area contributed by atoms with Crippen molar-refractivity contribution in [3.63, 3.8) is 0 Å². The molecule has 0 radical (unpaired) electrons. The highest BCUT2D eigenvalue weighted by Gasteiger charge is 2.03. The van der Waals surface area contributed by atoms with E-state index in [1.54, 1.807) is 12.4 Å². The van der Waals surface area contributed by atoms with Crippen molar-refractivity contribution in [2.24, 2.45) is 0 Å². The number of nitriles is 1. The molecule has 0 unspecified atom stereocenters. The molecule has 0 atom stereocenters. The van der Waals surface area contributed by atoms with Gasteiger partial charge >= 0.3 is 6.01 Å². The number of nitrogens with zero attached hydrogens (tertiary/aromatic N) is 3. The Morgan fingerprint density at radius 2 is 1.35 bits per heavy atom. The largest absolute Gasteiger partial charge is 0.463 e. The SMILES string of the molecule is CCCCCOc1ncc(-c2ccc(-c3ccc(C#N)cc3)cc2)cn1. The van der Waals surface area contributed by atoms with Crippen molar-refractivity contribution in [3.8, 4) is 34.3 Å². The van der Waals surface area contributed by atoms with Crippen LogP contribution < -0.4 is 4.74 Å². The summed E-state index contributed by atoms with van der Waals surface area (Å²) in [6.07, 6.45) is 6.93. The number of aromatic nitrogens is 2. The minimum absolute atomic E-state index is 0.430. The van der Waals surface area contributed by atoms with Crippen LogP contribution in [0.2, 0.25) is 0 Å². The van der Waals surface area contributed by atoms with Gasteiger partial charge in [-0.05, 0) is 35.2 Å². The second-order valence-electron chi connectivity index (χ2n) is 6.08. The summed E-state index contributed by atoms with van der Waals surface area (Å²) in [7, 11) is 0. The van der Waals surface area contributed by atoms with Gasteiger partial charge in [0.1, 0.15) is 0 Å². The number of hydrogen-bond donors (Lipinski definition) is 0. The summed E-state index contributed by atoms with van der Waals surface area (Å²) in [5, 5.41) is 8.88. The third-order valence-corrected chi connectivity index (χ3v) is 4.17. The fraction of sp³-hybridized carbons (Fsp3) is 0.227. The summed E-state index contributed by atoms with van der Waals surface area (Å²) in [5.74, 6) is 0. The third-order valence-electron chi connectivity index (χ3n) is 4.17. The van der Waals surface area contributed by atoms with Crippen molar-refractivity contribution in [1.29, 1.82) is 5.26 Å². The smallest absolute Gasteiger partial charge is 0.316 e. The van der Waals surface area contributed by atoms with Crippen molar-refractivity contribution < 1.29 is 4.74 Å². The maximum absolute atomic E-state index is 8.88. The second-order valence-corrected chi connectivity index (χ2v) is 6.08. The normalized spacial score (nSPS) is 10.3. The zero-order valence-electron chi connectivity index (χ0n) is 14.9. The van der Waals surface area contributed by atoms with Crippen LogP contribution in [-0.4, -0.2) is 16.6 Å². The molecule has 0 amide bonds. The van der Waals surface area contributed by atoms with Crippen LogP contribution in [0.15, 0.2) is 60.9 Å². The third kappa shape index (κ3) is 4.46. The molecular weight excluding hydrogens is 322 g/mol. The van der Waals surface area contributed by atoms with Crippen LogP contribution in [-0.2, 0) is 0 Å². The maximum atomic E-state index is 8.88. The van der Waals surface area contributed by atoms with Gasteiger partial charge in [0.25, 0.3) is 0 Å². The summed E-state index contributed by atoms with van der Waals surface area (Å²) in [6.45, 7) is 2.82. The Hall–Kier alpha value is -3.19. The first-order valence-electron chi connectivity index (χ1n) is 8.86. The van der Waals surface area contributed by atoms with E-state index in [1.165, 1.54) is 6.42 Å². The molecule has 4 nitrogen and oxygen atoms in total. The number of ether oxygens (including phenoxy) is 1. The Morgan fingerprint density at radius 3 is 1.88 bits per heavy atom. The van der Waals surface area contributed by atoms with Gasteiger partial charge < -0.3 is 4.74 Å². The van der Waals surface area contributed by atoms with Gasteiger partial charge in [-0.15, -0.1) is 0 Å². The van der Waals surface area contributed by atoms with E-state index in [2.05, 4.69) is 35.1 Å².